The van der Waals surface area contributed by atoms with Gasteiger partial charge in [0.05, 0.1) is 12.4 Å². The van der Waals surface area contributed by atoms with Crippen molar-refractivity contribution in [1.29, 1.82) is 0 Å². The number of benzene rings is 1. The molecule has 0 spiro atoms. The maximum atomic E-state index is 9.33. The maximum absolute atomic E-state index is 9.33. The molecule has 7 nitrogen and oxygen atoms in total. The Balaban J connectivity index is 1.64. The van der Waals surface area contributed by atoms with Crippen molar-refractivity contribution in [3.63, 3.8) is 0 Å². The molecule has 4 rings (SSSR count). The van der Waals surface area contributed by atoms with Gasteiger partial charge < -0.3 is 20.7 Å². The van der Waals surface area contributed by atoms with Crippen LogP contribution < -0.4 is 11.1 Å². The van der Waals surface area contributed by atoms with E-state index < -0.39 is 0 Å². The average molecular weight is 336 g/mol. The predicted molar refractivity (Wildman–Crippen MR) is 96.9 cm³/mol. The number of hydrogen-bond donors (Lipinski definition) is 3. The van der Waals surface area contributed by atoms with Crippen molar-refractivity contribution >= 4 is 22.9 Å². The molecule has 0 saturated heterocycles. The van der Waals surface area contributed by atoms with E-state index in [1.807, 2.05) is 41.0 Å². The number of nitrogens with zero attached hydrogens (tertiary/aromatic N) is 4. The molecule has 7 heteroatoms. The number of hydrogen-bond acceptors (Lipinski definition) is 6. The van der Waals surface area contributed by atoms with Crippen LogP contribution >= 0.6 is 0 Å². The third kappa shape index (κ3) is 3.06. The minimum absolute atomic E-state index is 0.124. The summed E-state index contributed by atoms with van der Waals surface area (Å²) in [6.07, 6.45) is 6.72. The summed E-state index contributed by atoms with van der Waals surface area (Å²) in [7, 11) is 0. The Morgan fingerprint density at radius 3 is 2.80 bits per heavy atom. The van der Waals surface area contributed by atoms with Crippen LogP contribution in [0.3, 0.4) is 0 Å². The molecule has 1 aliphatic carbocycles. The maximum Gasteiger partial charge on any atom is 0.224 e. The summed E-state index contributed by atoms with van der Waals surface area (Å²) in [4.78, 5) is 13.2. The van der Waals surface area contributed by atoms with Gasteiger partial charge in [-0.05, 0) is 12.0 Å². The van der Waals surface area contributed by atoms with Gasteiger partial charge in [0.1, 0.15) is 0 Å². The Morgan fingerprint density at radius 1 is 1.20 bits per heavy atom. The molecule has 128 valence electrons. The highest BCUT2D eigenvalue weighted by atomic mass is 16.3. The number of imidazole rings is 1. The smallest absolute Gasteiger partial charge is 0.224 e. The van der Waals surface area contributed by atoms with Crippen LogP contribution in [0.2, 0.25) is 0 Å². The number of aromatic nitrogens is 4. The van der Waals surface area contributed by atoms with Crippen LogP contribution in [0.5, 0.6) is 0 Å². The Morgan fingerprint density at radius 2 is 2.04 bits per heavy atom. The van der Waals surface area contributed by atoms with Gasteiger partial charge in [-0.1, -0.05) is 42.5 Å². The topological polar surface area (TPSA) is 102 Å². The number of anilines is 2. The van der Waals surface area contributed by atoms with Crippen molar-refractivity contribution in [2.24, 2.45) is 5.92 Å². The second-order valence-corrected chi connectivity index (χ2v) is 6.22. The highest BCUT2D eigenvalue weighted by Gasteiger charge is 2.23. The van der Waals surface area contributed by atoms with Gasteiger partial charge in [-0.15, -0.1) is 0 Å². The van der Waals surface area contributed by atoms with Crippen LogP contribution in [0.4, 0.5) is 11.8 Å². The van der Waals surface area contributed by atoms with E-state index in [0.29, 0.717) is 23.5 Å². The molecule has 1 aliphatic rings. The molecule has 2 atom stereocenters. The van der Waals surface area contributed by atoms with Crippen molar-refractivity contribution in [2.45, 2.75) is 19.0 Å². The lowest BCUT2D eigenvalue weighted by molar-refractivity contribution is 0.244. The van der Waals surface area contributed by atoms with E-state index in [1.165, 1.54) is 0 Å². The number of nitrogens with one attached hydrogen (secondary N) is 1. The molecule has 1 aromatic carbocycles. The van der Waals surface area contributed by atoms with E-state index in [1.54, 1.807) is 6.33 Å². The number of allylic oxidation sites excluding steroid dienone is 1. The highest BCUT2D eigenvalue weighted by Crippen LogP contribution is 2.31. The zero-order valence-corrected chi connectivity index (χ0v) is 13.7. The molecular formula is C18H20N6O. The zero-order chi connectivity index (χ0) is 17.2. The molecule has 3 aromatic rings. The van der Waals surface area contributed by atoms with Gasteiger partial charge in [0, 0.05) is 19.1 Å². The first-order chi connectivity index (χ1) is 12.2. The summed E-state index contributed by atoms with van der Waals surface area (Å²) >= 11 is 0. The molecule has 0 amide bonds. The first-order valence-corrected chi connectivity index (χ1v) is 8.31. The summed E-state index contributed by atoms with van der Waals surface area (Å²) in [6, 6.07) is 10.2. The number of nitrogens with two attached hydrogens (primary N) is 1. The molecule has 2 aromatic heterocycles. The fraction of sp³-hybridized carbons (Fsp3) is 0.278. The van der Waals surface area contributed by atoms with E-state index >= 15 is 0 Å². The van der Waals surface area contributed by atoms with E-state index in [9.17, 15) is 5.11 Å². The van der Waals surface area contributed by atoms with Crippen LogP contribution in [0.1, 0.15) is 18.0 Å². The van der Waals surface area contributed by atoms with Crippen LogP contribution in [0.15, 0.2) is 48.8 Å². The van der Waals surface area contributed by atoms with E-state index in [0.717, 1.165) is 12.0 Å². The third-order valence-electron chi connectivity index (χ3n) is 4.48. The quantitative estimate of drug-likeness (QED) is 0.617. The Kier molecular flexibility index (Phi) is 4.07. The van der Waals surface area contributed by atoms with E-state index in [4.69, 9.17) is 5.73 Å². The highest BCUT2D eigenvalue weighted by molar-refractivity contribution is 5.84. The standard InChI is InChI=1S/C18H20N6O/c19-18-22-16(20-9-12-4-2-1-3-5-12)15-17(23-18)24(11-21-15)14-7-6-13(8-14)10-25/h1-7,11,13-14,25H,8-10H2,(H3,19,20,22,23)/t13-,14+/m0/s1. The van der Waals surface area contributed by atoms with E-state index in [-0.39, 0.29) is 24.5 Å². The van der Waals surface area contributed by atoms with Crippen molar-refractivity contribution < 1.29 is 5.11 Å². The van der Waals surface area contributed by atoms with Crippen LogP contribution in [-0.2, 0) is 6.54 Å². The molecule has 4 N–H and O–H groups in total. The predicted octanol–water partition coefficient (Wildman–Crippen LogP) is 2.13. The first kappa shape index (κ1) is 15.6. The number of nitrogen functional groups attached to an aromatic ring is 1. The van der Waals surface area contributed by atoms with Gasteiger partial charge in [-0.25, -0.2) is 4.98 Å². The Labute approximate surface area is 145 Å². The molecular weight excluding hydrogens is 316 g/mol. The summed E-state index contributed by atoms with van der Waals surface area (Å²) < 4.78 is 1.99. The SMILES string of the molecule is Nc1nc(NCc2ccccc2)c2ncn([C@@H]3C=C[C@H](CO)C3)c2n1. The van der Waals surface area contributed by atoms with Gasteiger partial charge in [-0.2, -0.15) is 9.97 Å². The minimum Gasteiger partial charge on any atom is -0.396 e. The molecule has 0 bridgehead atoms. The second-order valence-electron chi connectivity index (χ2n) is 6.22. The molecule has 0 radical (unpaired) electrons. The zero-order valence-electron chi connectivity index (χ0n) is 13.7. The molecule has 25 heavy (non-hydrogen) atoms. The molecule has 2 heterocycles. The van der Waals surface area contributed by atoms with Gasteiger partial charge in [0.2, 0.25) is 5.95 Å². The number of aliphatic hydroxyl groups is 1. The normalized spacial score (nSPS) is 19.6. The summed E-state index contributed by atoms with van der Waals surface area (Å²) in [6.45, 7) is 0.788. The van der Waals surface area contributed by atoms with Crippen LogP contribution in [-0.4, -0.2) is 31.2 Å². The average Bonchev–Trinajstić information content (AvgIpc) is 3.26. The monoisotopic (exact) mass is 336 g/mol. The number of fused-ring (bicyclic) bond motifs is 1. The van der Waals surface area contributed by atoms with Crippen molar-refractivity contribution in [1.82, 2.24) is 19.5 Å². The molecule has 0 fully saturated rings. The van der Waals surface area contributed by atoms with Crippen molar-refractivity contribution in [3.05, 3.63) is 54.4 Å². The third-order valence-corrected chi connectivity index (χ3v) is 4.48. The van der Waals surface area contributed by atoms with Crippen LogP contribution in [0.25, 0.3) is 11.2 Å². The van der Waals surface area contributed by atoms with Gasteiger partial charge >= 0.3 is 0 Å². The lowest BCUT2D eigenvalue weighted by atomic mass is 10.1. The van der Waals surface area contributed by atoms with E-state index in [2.05, 4.69) is 26.3 Å². The fourth-order valence-corrected chi connectivity index (χ4v) is 3.18. The minimum atomic E-state index is 0.124. The second kappa shape index (κ2) is 6.52. The first-order valence-electron chi connectivity index (χ1n) is 8.31. The summed E-state index contributed by atoms with van der Waals surface area (Å²) in [5.74, 6) is 1.02. The largest absolute Gasteiger partial charge is 0.396 e. The van der Waals surface area contributed by atoms with Crippen molar-refractivity contribution in [2.75, 3.05) is 17.7 Å². The lowest BCUT2D eigenvalue weighted by Gasteiger charge is -2.13. The Hall–Kier alpha value is -2.93. The molecule has 0 saturated carbocycles. The fourth-order valence-electron chi connectivity index (χ4n) is 3.18. The van der Waals surface area contributed by atoms with Gasteiger partial charge in [-0.3, -0.25) is 0 Å². The number of rotatable bonds is 5. The summed E-state index contributed by atoms with van der Waals surface area (Å²) in [5.41, 5.74) is 8.47. The van der Waals surface area contributed by atoms with Crippen LogP contribution in [0, 0.1) is 5.92 Å². The van der Waals surface area contributed by atoms with Gasteiger partial charge in [0.25, 0.3) is 0 Å². The summed E-state index contributed by atoms with van der Waals surface area (Å²) in [5, 5.41) is 12.6. The molecule has 0 unspecified atom stereocenters. The lowest BCUT2D eigenvalue weighted by Crippen LogP contribution is -2.09. The molecule has 0 aliphatic heterocycles. The van der Waals surface area contributed by atoms with Crippen molar-refractivity contribution in [3.8, 4) is 0 Å². The number of aliphatic hydroxyl groups excluding tert-OH is 1. The Bertz CT molecular complexity index is 905. The van der Waals surface area contributed by atoms with Gasteiger partial charge in [0.15, 0.2) is 17.0 Å².